The molecule has 0 atom stereocenters. The van der Waals surface area contributed by atoms with Crippen LogP contribution in [0.25, 0.3) is 11.0 Å². The fourth-order valence-corrected chi connectivity index (χ4v) is 0.626. The summed E-state index contributed by atoms with van der Waals surface area (Å²) in [5.74, 6) is 0. The molecule has 0 amide bonds. The highest BCUT2D eigenvalue weighted by molar-refractivity contribution is 5.70. The zero-order valence-electron chi connectivity index (χ0n) is 4.89. The van der Waals surface area contributed by atoms with Crippen molar-refractivity contribution in [3.63, 3.8) is 0 Å². The molecule has 2 heterocycles. The minimum absolute atomic E-state index is 0.470. The molecule has 0 aliphatic rings. The lowest BCUT2D eigenvalue weighted by molar-refractivity contribution is 0.867. The molecule has 0 saturated heterocycles. The van der Waals surface area contributed by atoms with Crippen LogP contribution in [0.15, 0.2) is 12.3 Å². The number of fused-ring (bicyclic) bond motifs is 1. The lowest BCUT2D eigenvalue weighted by Gasteiger charge is -1.86. The fraction of sp³-hybridized carbons (Fsp3) is 0. The molecule has 2 aromatic rings. The number of hydrogen-bond donors (Lipinski definition) is 0. The van der Waals surface area contributed by atoms with Gasteiger partial charge in [0.25, 0.3) is 0 Å². The monoisotopic (exact) mass is 132 g/mol. The summed E-state index contributed by atoms with van der Waals surface area (Å²) in [7, 11) is 0. The first-order chi connectivity index (χ1) is 4.97. The maximum absolute atomic E-state index is 3.69. The van der Waals surface area contributed by atoms with Crippen molar-refractivity contribution in [1.29, 1.82) is 0 Å². The second-order valence-corrected chi connectivity index (χ2v) is 1.67. The van der Waals surface area contributed by atoms with Crippen molar-refractivity contribution in [3.05, 3.63) is 18.5 Å². The summed E-state index contributed by atoms with van der Waals surface area (Å²) in [6.07, 6.45) is 4.18. The van der Waals surface area contributed by atoms with Crippen LogP contribution in [-0.2, 0) is 0 Å². The molecule has 10 heavy (non-hydrogen) atoms. The average molecular weight is 132 g/mol. The molecule has 0 aliphatic carbocycles. The van der Waals surface area contributed by atoms with Gasteiger partial charge in [0.15, 0.2) is 0 Å². The Morgan fingerprint density at radius 3 is 3.20 bits per heavy atom. The Hall–Kier alpha value is -1.65. The lowest BCUT2D eigenvalue weighted by Crippen LogP contribution is -1.91. The normalized spacial score (nSPS) is 10.0. The number of hydrogen-bond acceptors (Lipinski definition) is 5. The SMILES string of the molecule is [c]1nnnc2nnccc12. The third-order valence-electron chi connectivity index (χ3n) is 1.06. The van der Waals surface area contributed by atoms with Crippen LogP contribution in [0.5, 0.6) is 0 Å². The van der Waals surface area contributed by atoms with Crippen molar-refractivity contribution in [2.45, 2.75) is 0 Å². The molecule has 0 fully saturated rings. The van der Waals surface area contributed by atoms with E-state index in [1.165, 1.54) is 0 Å². The molecule has 2 aromatic heterocycles. The minimum atomic E-state index is 0.470. The van der Waals surface area contributed by atoms with Gasteiger partial charge in [-0.2, -0.15) is 5.10 Å². The molecule has 0 bridgehead atoms. The molecule has 5 nitrogen and oxygen atoms in total. The first-order valence-electron chi connectivity index (χ1n) is 2.65. The van der Waals surface area contributed by atoms with Gasteiger partial charge in [0, 0.05) is 0 Å². The Morgan fingerprint density at radius 1 is 1.30 bits per heavy atom. The molecule has 47 valence electrons. The Bertz CT molecular complexity index is 281. The molecular weight excluding hydrogens is 130 g/mol. The van der Waals surface area contributed by atoms with Crippen molar-refractivity contribution in [2.24, 2.45) is 0 Å². The Morgan fingerprint density at radius 2 is 2.30 bits per heavy atom. The van der Waals surface area contributed by atoms with E-state index in [0.29, 0.717) is 5.65 Å². The predicted octanol–water partition coefficient (Wildman–Crippen LogP) is -0.385. The molecule has 2 rings (SSSR count). The van der Waals surface area contributed by atoms with Gasteiger partial charge in [-0.1, -0.05) is 0 Å². The maximum atomic E-state index is 3.69. The van der Waals surface area contributed by atoms with Crippen molar-refractivity contribution >= 4 is 11.0 Å². The molecule has 0 N–H and O–H groups in total. The molecule has 1 radical (unpaired) electrons. The summed E-state index contributed by atoms with van der Waals surface area (Å²) in [4.78, 5) is 0. The summed E-state index contributed by atoms with van der Waals surface area (Å²) >= 11 is 0. The van der Waals surface area contributed by atoms with Gasteiger partial charge in [0.2, 0.25) is 5.65 Å². The van der Waals surface area contributed by atoms with Crippen molar-refractivity contribution < 1.29 is 0 Å². The number of nitrogens with zero attached hydrogens (tertiary/aromatic N) is 5. The first kappa shape index (κ1) is 5.16. The zero-order valence-corrected chi connectivity index (χ0v) is 4.89. The highest BCUT2D eigenvalue weighted by atomic mass is 15.3. The average Bonchev–Trinajstić information content (AvgIpc) is 2.05. The predicted molar refractivity (Wildman–Crippen MR) is 31.8 cm³/mol. The molecular formula is C5H2N5. The Balaban J connectivity index is 2.89. The van der Waals surface area contributed by atoms with Crippen molar-refractivity contribution in [2.75, 3.05) is 0 Å². The molecule has 0 unspecified atom stereocenters. The van der Waals surface area contributed by atoms with Crippen LogP contribution < -0.4 is 0 Å². The standard InChI is InChI=1S/C5H2N5/c1-2-6-8-5-4(1)3-7-10-9-5/h1-2H. The van der Waals surface area contributed by atoms with E-state index in [0.717, 1.165) is 5.39 Å². The van der Waals surface area contributed by atoms with Crippen LogP contribution in [0.1, 0.15) is 0 Å². The van der Waals surface area contributed by atoms with Crippen molar-refractivity contribution in [3.8, 4) is 0 Å². The van der Waals surface area contributed by atoms with Gasteiger partial charge < -0.3 is 0 Å². The molecule has 0 saturated carbocycles. The van der Waals surface area contributed by atoms with Gasteiger partial charge in [-0.25, -0.2) is 0 Å². The van der Waals surface area contributed by atoms with Gasteiger partial charge in [-0.05, 0) is 11.3 Å². The van der Waals surface area contributed by atoms with Crippen molar-refractivity contribution in [1.82, 2.24) is 25.6 Å². The van der Waals surface area contributed by atoms with E-state index in [-0.39, 0.29) is 0 Å². The summed E-state index contributed by atoms with van der Waals surface area (Å²) in [5.41, 5.74) is 0.470. The second kappa shape index (κ2) is 1.94. The van der Waals surface area contributed by atoms with Gasteiger partial charge >= 0.3 is 0 Å². The van der Waals surface area contributed by atoms with Crippen LogP contribution in [0, 0.1) is 6.20 Å². The zero-order chi connectivity index (χ0) is 6.81. The summed E-state index contributed by atoms with van der Waals surface area (Å²) in [6.45, 7) is 0. The maximum Gasteiger partial charge on any atom is 0.207 e. The van der Waals surface area contributed by atoms with E-state index < -0.39 is 0 Å². The molecule has 5 heteroatoms. The fourth-order valence-electron chi connectivity index (χ4n) is 0.626. The minimum Gasteiger partial charge on any atom is -0.157 e. The molecule has 0 aliphatic heterocycles. The van der Waals surface area contributed by atoms with Gasteiger partial charge in [0.05, 0.1) is 11.6 Å². The largest absolute Gasteiger partial charge is 0.207 e. The van der Waals surface area contributed by atoms with E-state index in [4.69, 9.17) is 0 Å². The molecule has 0 aromatic carbocycles. The topological polar surface area (TPSA) is 64.5 Å². The lowest BCUT2D eigenvalue weighted by atomic mass is 10.4. The van der Waals surface area contributed by atoms with Crippen LogP contribution in [0.2, 0.25) is 0 Å². The first-order valence-corrected chi connectivity index (χ1v) is 2.65. The van der Waals surface area contributed by atoms with Gasteiger partial charge in [0.1, 0.15) is 6.20 Å². The Kier molecular flexibility index (Phi) is 1.00. The van der Waals surface area contributed by atoms with E-state index in [2.05, 4.69) is 31.8 Å². The van der Waals surface area contributed by atoms with E-state index >= 15 is 0 Å². The van der Waals surface area contributed by atoms with E-state index in [1.807, 2.05) is 0 Å². The van der Waals surface area contributed by atoms with E-state index in [1.54, 1.807) is 12.3 Å². The quantitative estimate of drug-likeness (QED) is 0.488. The summed E-state index contributed by atoms with van der Waals surface area (Å²) in [5, 5.41) is 18.5. The Labute approximate surface area is 56.1 Å². The smallest absolute Gasteiger partial charge is 0.157 e. The third kappa shape index (κ3) is 0.680. The third-order valence-corrected chi connectivity index (χ3v) is 1.06. The highest BCUT2D eigenvalue weighted by Crippen LogP contribution is 1.99. The van der Waals surface area contributed by atoms with Crippen LogP contribution in [0.4, 0.5) is 0 Å². The van der Waals surface area contributed by atoms with Crippen LogP contribution in [0.3, 0.4) is 0 Å². The number of rotatable bonds is 0. The summed E-state index contributed by atoms with van der Waals surface area (Å²) in [6, 6.07) is 1.73. The van der Waals surface area contributed by atoms with Crippen LogP contribution in [-0.4, -0.2) is 25.6 Å². The van der Waals surface area contributed by atoms with Gasteiger partial charge in [-0.15, -0.1) is 15.3 Å². The summed E-state index contributed by atoms with van der Waals surface area (Å²) < 4.78 is 0. The highest BCUT2D eigenvalue weighted by Gasteiger charge is 1.92. The van der Waals surface area contributed by atoms with E-state index in [9.17, 15) is 0 Å². The number of aromatic nitrogens is 5. The second-order valence-electron chi connectivity index (χ2n) is 1.67. The van der Waals surface area contributed by atoms with Gasteiger partial charge in [-0.3, -0.25) is 0 Å². The van der Waals surface area contributed by atoms with Crippen LogP contribution >= 0.6 is 0 Å². The molecule has 0 spiro atoms.